The Balaban J connectivity index is 1.57. The van der Waals surface area contributed by atoms with E-state index in [-0.39, 0.29) is 18.7 Å². The lowest BCUT2D eigenvalue weighted by atomic mass is 10.1. The molecular formula is C21H24ClFN6O2. The first-order valence-electron chi connectivity index (χ1n) is 10.4. The highest BCUT2D eigenvalue weighted by Crippen LogP contribution is 2.36. The Morgan fingerprint density at radius 1 is 1.29 bits per heavy atom. The van der Waals surface area contributed by atoms with E-state index in [1.54, 1.807) is 0 Å². The van der Waals surface area contributed by atoms with Gasteiger partial charge in [-0.15, -0.1) is 0 Å². The highest BCUT2D eigenvalue weighted by atomic mass is 35.5. The van der Waals surface area contributed by atoms with Crippen molar-refractivity contribution in [1.29, 1.82) is 0 Å². The van der Waals surface area contributed by atoms with Crippen molar-refractivity contribution in [1.82, 2.24) is 19.5 Å². The Morgan fingerprint density at radius 2 is 2.13 bits per heavy atom. The first-order chi connectivity index (χ1) is 14.9. The Bertz CT molecular complexity index is 1140. The number of anilines is 2. The van der Waals surface area contributed by atoms with Gasteiger partial charge in [-0.3, -0.25) is 0 Å². The number of aliphatic hydroxyl groups is 1. The molecule has 8 nitrogen and oxygen atoms in total. The van der Waals surface area contributed by atoms with Crippen molar-refractivity contribution >= 4 is 34.5 Å². The van der Waals surface area contributed by atoms with Crippen molar-refractivity contribution in [3.05, 3.63) is 29.2 Å². The Hall–Kier alpha value is -2.49. The lowest BCUT2D eigenvalue weighted by Crippen LogP contribution is -2.42. The second-order valence-electron chi connectivity index (χ2n) is 8.24. The lowest BCUT2D eigenvalue weighted by Gasteiger charge is -2.30. The van der Waals surface area contributed by atoms with Gasteiger partial charge in [0, 0.05) is 31.8 Å². The number of hydrogen-bond donors (Lipinski definition) is 2. The molecule has 1 aromatic carbocycles. The molecule has 3 aromatic rings. The smallest absolute Gasteiger partial charge is 0.223 e. The predicted molar refractivity (Wildman–Crippen MR) is 117 cm³/mol. The molecule has 10 heteroatoms. The number of aliphatic hydroxyl groups excluding tert-OH is 1. The van der Waals surface area contributed by atoms with Crippen molar-refractivity contribution in [2.24, 2.45) is 0 Å². The molecule has 1 fully saturated rings. The van der Waals surface area contributed by atoms with Crippen LogP contribution in [0.15, 0.2) is 18.3 Å². The van der Waals surface area contributed by atoms with Crippen LogP contribution in [0, 0.1) is 5.82 Å². The summed E-state index contributed by atoms with van der Waals surface area (Å²) in [5, 5.41) is 13.6. The van der Waals surface area contributed by atoms with Crippen molar-refractivity contribution in [2.45, 2.75) is 38.0 Å². The third kappa shape index (κ3) is 3.60. The van der Waals surface area contributed by atoms with E-state index in [9.17, 15) is 5.11 Å². The van der Waals surface area contributed by atoms with Crippen molar-refractivity contribution in [2.75, 3.05) is 37.0 Å². The Kier molecular flexibility index (Phi) is 5.19. The zero-order valence-corrected chi connectivity index (χ0v) is 18.1. The molecule has 0 bridgehead atoms. The SMILES string of the molecule is C[C@H]1CCN(C)c2nc3c(F)cc(-c4nc(N[C@@H]5CCOC[C@H]5O)ncc4Cl)cc3n21. The average molecular weight is 447 g/mol. The van der Waals surface area contributed by atoms with E-state index in [0.29, 0.717) is 46.3 Å². The van der Waals surface area contributed by atoms with Gasteiger partial charge in [0.05, 0.1) is 41.2 Å². The molecule has 4 heterocycles. The molecule has 0 unspecified atom stereocenters. The molecular weight excluding hydrogens is 423 g/mol. The maximum atomic E-state index is 15.1. The molecule has 2 aromatic heterocycles. The summed E-state index contributed by atoms with van der Waals surface area (Å²) in [6, 6.07) is 3.28. The van der Waals surface area contributed by atoms with Gasteiger partial charge >= 0.3 is 0 Å². The number of hydrogen-bond acceptors (Lipinski definition) is 7. The minimum Gasteiger partial charge on any atom is -0.389 e. The van der Waals surface area contributed by atoms with E-state index in [4.69, 9.17) is 16.3 Å². The standard InChI is InChI=1S/C21H24ClFN6O2/c1-11-3-5-28(2)21-27-19-14(23)7-12(8-16(19)29(11)21)18-13(22)9-24-20(26-18)25-15-4-6-31-10-17(15)30/h7-9,11,15,17,30H,3-6,10H2,1-2H3,(H,24,25,26)/t11-,15+,17+/m0/s1. The number of rotatable bonds is 3. The van der Waals surface area contributed by atoms with Crippen LogP contribution in [0.25, 0.3) is 22.3 Å². The molecule has 2 aliphatic heterocycles. The molecule has 0 saturated carbocycles. The fraction of sp³-hybridized carbons (Fsp3) is 0.476. The molecule has 1 saturated heterocycles. The van der Waals surface area contributed by atoms with Gasteiger partial charge in [0.25, 0.3) is 0 Å². The minimum absolute atomic E-state index is 0.207. The van der Waals surface area contributed by atoms with Gasteiger partial charge in [-0.1, -0.05) is 11.6 Å². The van der Waals surface area contributed by atoms with Crippen LogP contribution in [0.5, 0.6) is 0 Å². The van der Waals surface area contributed by atoms with E-state index in [1.165, 1.54) is 12.3 Å². The molecule has 2 N–H and O–H groups in total. The third-order valence-corrected chi connectivity index (χ3v) is 6.33. The second kappa shape index (κ2) is 7.89. The highest BCUT2D eigenvalue weighted by molar-refractivity contribution is 6.33. The summed E-state index contributed by atoms with van der Waals surface area (Å²) in [6.45, 7) is 3.81. The fourth-order valence-electron chi connectivity index (χ4n) is 4.29. The monoisotopic (exact) mass is 446 g/mol. The molecule has 0 amide bonds. The first-order valence-corrected chi connectivity index (χ1v) is 10.8. The Morgan fingerprint density at radius 3 is 2.94 bits per heavy atom. The molecule has 31 heavy (non-hydrogen) atoms. The van der Waals surface area contributed by atoms with Gasteiger partial charge in [-0.2, -0.15) is 0 Å². The zero-order chi connectivity index (χ0) is 21.7. The Labute approximate surface area is 184 Å². The van der Waals surface area contributed by atoms with E-state index in [1.807, 2.05) is 18.0 Å². The zero-order valence-electron chi connectivity index (χ0n) is 17.3. The first kappa shape index (κ1) is 20.4. The van der Waals surface area contributed by atoms with Crippen LogP contribution in [0.2, 0.25) is 5.02 Å². The van der Waals surface area contributed by atoms with E-state index in [0.717, 1.165) is 18.9 Å². The summed E-state index contributed by atoms with van der Waals surface area (Å²) in [5.41, 5.74) is 2.03. The summed E-state index contributed by atoms with van der Waals surface area (Å²) >= 11 is 6.40. The number of halogens is 2. The van der Waals surface area contributed by atoms with Crippen LogP contribution in [-0.4, -0.2) is 63.6 Å². The quantitative estimate of drug-likeness (QED) is 0.638. The van der Waals surface area contributed by atoms with Gasteiger partial charge in [0.2, 0.25) is 11.9 Å². The number of nitrogens with zero attached hydrogens (tertiary/aromatic N) is 5. The topological polar surface area (TPSA) is 88.3 Å². The van der Waals surface area contributed by atoms with Gasteiger partial charge < -0.3 is 24.6 Å². The molecule has 2 aliphatic rings. The van der Waals surface area contributed by atoms with Gasteiger partial charge in [0.1, 0.15) is 5.52 Å². The van der Waals surface area contributed by atoms with Crippen LogP contribution >= 0.6 is 11.6 Å². The molecule has 0 aliphatic carbocycles. The maximum absolute atomic E-state index is 15.1. The number of imidazole rings is 1. The van der Waals surface area contributed by atoms with Crippen LogP contribution < -0.4 is 10.2 Å². The summed E-state index contributed by atoms with van der Waals surface area (Å²) in [4.78, 5) is 15.4. The number of fused-ring (bicyclic) bond motifs is 3. The minimum atomic E-state index is -0.651. The van der Waals surface area contributed by atoms with Crippen molar-refractivity contribution in [3.63, 3.8) is 0 Å². The van der Waals surface area contributed by atoms with Crippen molar-refractivity contribution < 1.29 is 14.2 Å². The van der Waals surface area contributed by atoms with Gasteiger partial charge in [0.15, 0.2) is 5.82 Å². The summed E-state index contributed by atoms with van der Waals surface area (Å²) < 4.78 is 22.4. The van der Waals surface area contributed by atoms with Crippen LogP contribution in [0.3, 0.4) is 0 Å². The van der Waals surface area contributed by atoms with E-state index >= 15 is 4.39 Å². The molecule has 164 valence electrons. The van der Waals surface area contributed by atoms with Crippen LogP contribution in [0.4, 0.5) is 16.3 Å². The van der Waals surface area contributed by atoms with Gasteiger partial charge in [-0.25, -0.2) is 19.3 Å². The third-order valence-electron chi connectivity index (χ3n) is 6.05. The number of benzene rings is 1. The lowest BCUT2D eigenvalue weighted by molar-refractivity contribution is -0.0136. The van der Waals surface area contributed by atoms with E-state index < -0.39 is 11.9 Å². The van der Waals surface area contributed by atoms with E-state index in [2.05, 4.69) is 31.8 Å². The van der Waals surface area contributed by atoms with Crippen LogP contribution in [-0.2, 0) is 4.74 Å². The average Bonchev–Trinajstić information content (AvgIpc) is 3.15. The number of aromatic nitrogens is 4. The normalized spacial score (nSPS) is 23.8. The van der Waals surface area contributed by atoms with Gasteiger partial charge in [-0.05, 0) is 31.9 Å². The van der Waals surface area contributed by atoms with Crippen LogP contribution in [0.1, 0.15) is 25.8 Å². The van der Waals surface area contributed by atoms with Crippen molar-refractivity contribution in [3.8, 4) is 11.3 Å². The molecule has 3 atom stereocenters. The predicted octanol–water partition coefficient (Wildman–Crippen LogP) is 3.25. The largest absolute Gasteiger partial charge is 0.389 e. The molecule has 5 rings (SSSR count). The molecule has 0 spiro atoms. The molecule has 0 radical (unpaired) electrons. The summed E-state index contributed by atoms with van der Waals surface area (Å²) in [7, 11) is 1.96. The number of nitrogens with one attached hydrogen (secondary N) is 1. The fourth-order valence-corrected chi connectivity index (χ4v) is 4.49. The number of ether oxygens (including phenoxy) is 1. The summed E-state index contributed by atoms with van der Waals surface area (Å²) in [6.07, 6.45) is 2.43. The second-order valence-corrected chi connectivity index (χ2v) is 8.65. The highest BCUT2D eigenvalue weighted by Gasteiger charge is 2.27. The maximum Gasteiger partial charge on any atom is 0.223 e. The summed E-state index contributed by atoms with van der Waals surface area (Å²) in [5.74, 6) is 0.669.